The number of hydrogen-bond donors (Lipinski definition) is 0. The van der Waals surface area contributed by atoms with Gasteiger partial charge in [-0.3, -0.25) is 4.90 Å². The van der Waals surface area contributed by atoms with Crippen LogP contribution in [0.4, 0.5) is 0 Å². The monoisotopic (exact) mass is 349 g/mol. The van der Waals surface area contributed by atoms with Gasteiger partial charge >= 0.3 is 0 Å². The topological polar surface area (TPSA) is 49.2 Å². The van der Waals surface area contributed by atoms with Crippen LogP contribution in [0.2, 0.25) is 0 Å². The molecule has 0 aliphatic carbocycles. The zero-order valence-electron chi connectivity index (χ0n) is 15.7. The molecular formula is C22H27N3O. The fourth-order valence-corrected chi connectivity index (χ4v) is 3.70. The van der Waals surface area contributed by atoms with Crippen LogP contribution in [0.3, 0.4) is 0 Å². The molecule has 1 aliphatic heterocycles. The summed E-state index contributed by atoms with van der Waals surface area (Å²) in [5, 5.41) is 9.18. The Labute approximate surface area is 156 Å². The molecule has 0 amide bonds. The lowest BCUT2D eigenvalue weighted by Gasteiger charge is -2.43. The van der Waals surface area contributed by atoms with Crippen LogP contribution < -0.4 is 4.74 Å². The minimum Gasteiger partial charge on any atom is -0.439 e. The lowest BCUT2D eigenvalue weighted by Crippen LogP contribution is -2.42. The molecule has 26 heavy (non-hydrogen) atoms. The number of hydrogen-bond acceptors (Lipinski definition) is 4. The summed E-state index contributed by atoms with van der Waals surface area (Å²) in [4.78, 5) is 6.90. The van der Waals surface area contributed by atoms with Gasteiger partial charge in [0, 0.05) is 25.2 Å². The molecule has 0 radical (unpaired) electrons. The molecule has 4 nitrogen and oxygen atoms in total. The van der Waals surface area contributed by atoms with E-state index in [1.54, 1.807) is 0 Å². The van der Waals surface area contributed by atoms with E-state index in [9.17, 15) is 5.26 Å². The van der Waals surface area contributed by atoms with Crippen molar-refractivity contribution in [3.05, 3.63) is 54.2 Å². The highest BCUT2D eigenvalue weighted by molar-refractivity contribution is 5.27. The first-order chi connectivity index (χ1) is 12.6. The van der Waals surface area contributed by atoms with Crippen molar-refractivity contribution in [2.24, 2.45) is 11.3 Å². The fraction of sp³-hybridized carbons (Fsp3) is 0.455. The van der Waals surface area contributed by atoms with Crippen molar-refractivity contribution in [2.75, 3.05) is 13.1 Å². The van der Waals surface area contributed by atoms with E-state index >= 15 is 0 Å². The molecule has 0 unspecified atom stereocenters. The van der Waals surface area contributed by atoms with Crippen LogP contribution in [0.15, 0.2) is 48.7 Å². The zero-order valence-corrected chi connectivity index (χ0v) is 15.7. The summed E-state index contributed by atoms with van der Waals surface area (Å²) in [5.41, 5.74) is 1.39. The number of para-hydroxylation sites is 1. The average Bonchev–Trinajstić information content (AvgIpc) is 2.66. The largest absolute Gasteiger partial charge is 0.439 e. The standard InChI is InChI=1S/C22H27N3O/c1-18(2)22(10-13-23)11-14-25(15-12-22)17-19-8-9-21(24-16-19)26-20-6-4-3-5-7-20/h3-9,16,18H,10-12,14-15,17H2,1-2H3. The quantitative estimate of drug-likeness (QED) is 0.734. The maximum Gasteiger partial charge on any atom is 0.219 e. The second kappa shape index (κ2) is 8.33. The van der Waals surface area contributed by atoms with Crippen LogP contribution in [0, 0.1) is 22.7 Å². The highest BCUT2D eigenvalue weighted by Gasteiger charge is 2.37. The van der Waals surface area contributed by atoms with Gasteiger partial charge in [-0.1, -0.05) is 38.1 Å². The SMILES string of the molecule is CC(C)C1(CC#N)CCN(Cc2ccc(Oc3ccccc3)nc2)CC1. The van der Waals surface area contributed by atoms with Crippen molar-refractivity contribution in [3.8, 4) is 17.7 Å². The molecular weight excluding hydrogens is 322 g/mol. The first-order valence-corrected chi connectivity index (χ1v) is 9.38. The minimum atomic E-state index is 0.191. The Bertz CT molecular complexity index is 726. The number of benzene rings is 1. The van der Waals surface area contributed by atoms with Gasteiger partial charge in [-0.05, 0) is 55.0 Å². The van der Waals surface area contributed by atoms with Gasteiger partial charge in [-0.15, -0.1) is 0 Å². The van der Waals surface area contributed by atoms with E-state index in [-0.39, 0.29) is 5.41 Å². The van der Waals surface area contributed by atoms with Gasteiger partial charge in [0.15, 0.2) is 0 Å². The number of pyridine rings is 1. The summed E-state index contributed by atoms with van der Waals surface area (Å²) in [5.74, 6) is 1.97. The molecule has 3 rings (SSSR count). The molecule has 0 spiro atoms. The van der Waals surface area contributed by atoms with Crippen molar-refractivity contribution in [2.45, 2.75) is 39.7 Å². The maximum atomic E-state index is 9.18. The van der Waals surface area contributed by atoms with E-state index in [1.807, 2.05) is 42.6 Å². The van der Waals surface area contributed by atoms with Gasteiger partial charge in [-0.2, -0.15) is 5.26 Å². The third-order valence-corrected chi connectivity index (χ3v) is 5.68. The predicted octanol–water partition coefficient (Wildman–Crippen LogP) is 5.03. The maximum absolute atomic E-state index is 9.18. The van der Waals surface area contributed by atoms with Crippen molar-refractivity contribution in [1.29, 1.82) is 5.26 Å². The van der Waals surface area contributed by atoms with E-state index in [0.717, 1.165) is 38.2 Å². The molecule has 1 aromatic carbocycles. The molecule has 0 N–H and O–H groups in total. The van der Waals surface area contributed by atoms with Gasteiger partial charge in [0.2, 0.25) is 5.88 Å². The first kappa shape index (κ1) is 18.4. The second-order valence-electron chi connectivity index (χ2n) is 7.55. The van der Waals surface area contributed by atoms with Gasteiger partial charge in [-0.25, -0.2) is 4.98 Å². The van der Waals surface area contributed by atoms with Gasteiger partial charge in [0.05, 0.1) is 6.07 Å². The minimum absolute atomic E-state index is 0.191. The van der Waals surface area contributed by atoms with Crippen molar-refractivity contribution < 1.29 is 4.74 Å². The number of piperidine rings is 1. The van der Waals surface area contributed by atoms with E-state index in [4.69, 9.17) is 4.74 Å². The smallest absolute Gasteiger partial charge is 0.219 e. The van der Waals surface area contributed by atoms with Crippen LogP contribution in [-0.4, -0.2) is 23.0 Å². The lowest BCUT2D eigenvalue weighted by atomic mass is 9.68. The van der Waals surface area contributed by atoms with Crippen LogP contribution in [0.25, 0.3) is 0 Å². The van der Waals surface area contributed by atoms with Gasteiger partial charge in [0.25, 0.3) is 0 Å². The first-order valence-electron chi connectivity index (χ1n) is 9.38. The number of nitrogens with zero attached hydrogens (tertiary/aromatic N) is 3. The van der Waals surface area contributed by atoms with E-state index < -0.39 is 0 Å². The molecule has 2 aromatic rings. The number of likely N-dealkylation sites (tertiary alicyclic amines) is 1. The Morgan fingerprint density at radius 3 is 2.46 bits per heavy atom. The summed E-state index contributed by atoms with van der Waals surface area (Å²) in [7, 11) is 0. The van der Waals surface area contributed by atoms with Gasteiger partial charge in [0.1, 0.15) is 5.75 Å². The molecule has 1 aromatic heterocycles. The highest BCUT2D eigenvalue weighted by atomic mass is 16.5. The van der Waals surface area contributed by atoms with Crippen LogP contribution in [0.5, 0.6) is 11.6 Å². The van der Waals surface area contributed by atoms with Crippen LogP contribution in [-0.2, 0) is 6.54 Å². The van der Waals surface area contributed by atoms with E-state index in [0.29, 0.717) is 18.2 Å². The van der Waals surface area contributed by atoms with Crippen molar-refractivity contribution in [1.82, 2.24) is 9.88 Å². The molecule has 0 bridgehead atoms. The Morgan fingerprint density at radius 2 is 1.88 bits per heavy atom. The lowest BCUT2D eigenvalue weighted by molar-refractivity contribution is 0.0616. The summed E-state index contributed by atoms with van der Waals surface area (Å²) in [6.07, 6.45) is 4.77. The predicted molar refractivity (Wildman–Crippen MR) is 103 cm³/mol. The molecule has 136 valence electrons. The van der Waals surface area contributed by atoms with Crippen molar-refractivity contribution in [3.63, 3.8) is 0 Å². The summed E-state index contributed by atoms with van der Waals surface area (Å²) in [6.45, 7) is 7.49. The molecule has 0 atom stereocenters. The van der Waals surface area contributed by atoms with Crippen LogP contribution >= 0.6 is 0 Å². The Kier molecular flexibility index (Phi) is 5.90. The molecule has 2 heterocycles. The molecule has 4 heteroatoms. The number of rotatable bonds is 6. The molecule has 1 fully saturated rings. The zero-order chi connectivity index (χ0) is 18.4. The Hall–Kier alpha value is -2.38. The third kappa shape index (κ3) is 4.42. The third-order valence-electron chi connectivity index (χ3n) is 5.68. The molecule has 0 saturated carbocycles. The second-order valence-corrected chi connectivity index (χ2v) is 7.55. The van der Waals surface area contributed by atoms with E-state index in [1.165, 1.54) is 5.56 Å². The number of ether oxygens (including phenoxy) is 1. The summed E-state index contributed by atoms with van der Waals surface area (Å²) in [6, 6.07) is 16.1. The molecule has 1 saturated heterocycles. The van der Waals surface area contributed by atoms with Gasteiger partial charge < -0.3 is 4.74 Å². The van der Waals surface area contributed by atoms with Crippen LogP contribution in [0.1, 0.15) is 38.7 Å². The fourth-order valence-electron chi connectivity index (χ4n) is 3.70. The average molecular weight is 349 g/mol. The Morgan fingerprint density at radius 1 is 1.15 bits per heavy atom. The van der Waals surface area contributed by atoms with E-state index in [2.05, 4.69) is 35.9 Å². The summed E-state index contributed by atoms with van der Waals surface area (Å²) < 4.78 is 5.75. The highest BCUT2D eigenvalue weighted by Crippen LogP contribution is 2.41. The summed E-state index contributed by atoms with van der Waals surface area (Å²) >= 11 is 0. The molecule has 1 aliphatic rings. The Balaban J connectivity index is 1.55. The van der Waals surface area contributed by atoms with Crippen molar-refractivity contribution >= 4 is 0 Å². The normalized spacial score (nSPS) is 17.0. The number of nitriles is 1. The number of aromatic nitrogens is 1.